The fourth-order valence-corrected chi connectivity index (χ4v) is 4.06. The molecule has 0 radical (unpaired) electrons. The summed E-state index contributed by atoms with van der Waals surface area (Å²) < 4.78 is 11.6. The first-order chi connectivity index (χ1) is 12.9. The topological polar surface area (TPSA) is 50.8 Å². The van der Waals surface area contributed by atoms with Crippen LogP contribution in [0.25, 0.3) is 0 Å². The number of carbonyl (C=O) groups is 1. The number of piperidine rings is 1. The standard InChI is InChI=1S/C22H34N2O3/c1-16(2)18-6-5-7-19(17(3)4)21(18)23-20(25)8-11-24-12-9-22(10-13-24)26-14-15-27-22/h5-7,16-17H,8-15H2,1-4H3,(H,23,25). The SMILES string of the molecule is CC(C)c1cccc(C(C)C)c1NC(=O)CCN1CCC2(CC1)OCCO2. The maximum Gasteiger partial charge on any atom is 0.225 e. The van der Waals surface area contributed by atoms with Crippen molar-refractivity contribution in [3.05, 3.63) is 29.3 Å². The largest absolute Gasteiger partial charge is 0.347 e. The van der Waals surface area contributed by atoms with E-state index in [-0.39, 0.29) is 11.7 Å². The van der Waals surface area contributed by atoms with Gasteiger partial charge in [0.1, 0.15) is 0 Å². The number of carbonyl (C=O) groups excluding carboxylic acids is 1. The minimum absolute atomic E-state index is 0.0960. The number of nitrogens with zero attached hydrogens (tertiary/aromatic N) is 1. The van der Waals surface area contributed by atoms with E-state index >= 15 is 0 Å². The van der Waals surface area contributed by atoms with Crippen molar-refractivity contribution >= 4 is 11.6 Å². The van der Waals surface area contributed by atoms with Crippen LogP contribution in [0.1, 0.15) is 69.9 Å². The molecule has 2 aliphatic rings. The lowest BCUT2D eigenvalue weighted by Gasteiger charge is -2.37. The van der Waals surface area contributed by atoms with E-state index in [1.54, 1.807) is 0 Å². The van der Waals surface area contributed by atoms with Gasteiger partial charge >= 0.3 is 0 Å². The molecule has 150 valence electrons. The number of likely N-dealkylation sites (tertiary alicyclic amines) is 1. The Morgan fingerprint density at radius 2 is 1.63 bits per heavy atom. The number of benzene rings is 1. The molecular weight excluding hydrogens is 340 g/mol. The second-order valence-corrected chi connectivity index (χ2v) is 8.37. The van der Waals surface area contributed by atoms with E-state index in [0.29, 0.717) is 31.5 Å². The van der Waals surface area contributed by atoms with Crippen LogP contribution in [0.2, 0.25) is 0 Å². The number of hydrogen-bond acceptors (Lipinski definition) is 4. The third-order valence-corrected chi connectivity index (χ3v) is 5.72. The van der Waals surface area contributed by atoms with Gasteiger partial charge in [-0.3, -0.25) is 4.79 Å². The van der Waals surface area contributed by atoms with E-state index in [1.165, 1.54) is 11.1 Å². The summed E-state index contributed by atoms with van der Waals surface area (Å²) in [7, 11) is 0. The van der Waals surface area contributed by atoms with E-state index in [2.05, 4.69) is 56.1 Å². The first-order valence-corrected chi connectivity index (χ1v) is 10.3. The minimum Gasteiger partial charge on any atom is -0.347 e. The highest BCUT2D eigenvalue weighted by Gasteiger charge is 2.39. The van der Waals surface area contributed by atoms with Gasteiger partial charge in [0.2, 0.25) is 5.91 Å². The van der Waals surface area contributed by atoms with Gasteiger partial charge in [0.05, 0.1) is 13.2 Å². The Morgan fingerprint density at radius 1 is 1.07 bits per heavy atom. The summed E-state index contributed by atoms with van der Waals surface area (Å²) in [5.41, 5.74) is 3.44. The van der Waals surface area contributed by atoms with Gasteiger partial charge in [0.15, 0.2) is 5.79 Å². The first-order valence-electron chi connectivity index (χ1n) is 10.3. The van der Waals surface area contributed by atoms with Crippen molar-refractivity contribution in [2.45, 2.75) is 64.6 Å². The van der Waals surface area contributed by atoms with E-state index in [4.69, 9.17) is 9.47 Å². The maximum atomic E-state index is 12.7. The fourth-order valence-electron chi connectivity index (χ4n) is 4.06. The Kier molecular flexibility index (Phi) is 6.56. The summed E-state index contributed by atoms with van der Waals surface area (Å²) in [5, 5.41) is 3.22. The summed E-state index contributed by atoms with van der Waals surface area (Å²) >= 11 is 0. The summed E-state index contributed by atoms with van der Waals surface area (Å²) in [4.78, 5) is 15.0. The molecular formula is C22H34N2O3. The molecule has 0 atom stereocenters. The number of amides is 1. The monoisotopic (exact) mass is 374 g/mol. The van der Waals surface area contributed by atoms with Crippen LogP contribution in [0, 0.1) is 0 Å². The Morgan fingerprint density at radius 3 is 2.15 bits per heavy atom. The fraction of sp³-hybridized carbons (Fsp3) is 0.682. The normalized spacial score (nSPS) is 19.9. The molecule has 2 aliphatic heterocycles. The summed E-state index contributed by atoms with van der Waals surface area (Å²) in [5.74, 6) is 0.507. The van der Waals surface area contributed by atoms with E-state index in [1.807, 2.05) is 0 Å². The van der Waals surface area contributed by atoms with Crippen molar-refractivity contribution in [3.8, 4) is 0 Å². The van der Waals surface area contributed by atoms with Crippen molar-refractivity contribution in [3.63, 3.8) is 0 Å². The van der Waals surface area contributed by atoms with Crippen LogP contribution in [0.4, 0.5) is 5.69 Å². The third kappa shape index (κ3) is 4.89. The maximum absolute atomic E-state index is 12.7. The van der Waals surface area contributed by atoms with E-state index < -0.39 is 0 Å². The Balaban J connectivity index is 1.55. The van der Waals surface area contributed by atoms with Crippen LogP contribution >= 0.6 is 0 Å². The summed E-state index contributed by atoms with van der Waals surface area (Å²) in [6.45, 7) is 12.7. The quantitative estimate of drug-likeness (QED) is 0.814. The van der Waals surface area contributed by atoms with Gasteiger partial charge in [-0.2, -0.15) is 0 Å². The summed E-state index contributed by atoms with van der Waals surface area (Å²) in [6.07, 6.45) is 2.29. The number of rotatable bonds is 6. The molecule has 1 N–H and O–H groups in total. The van der Waals surface area contributed by atoms with E-state index in [0.717, 1.165) is 38.2 Å². The van der Waals surface area contributed by atoms with Crippen molar-refractivity contribution in [1.29, 1.82) is 0 Å². The van der Waals surface area contributed by atoms with Crippen LogP contribution in [0.3, 0.4) is 0 Å². The Hall–Kier alpha value is -1.43. The molecule has 3 rings (SSSR count). The van der Waals surface area contributed by atoms with Crippen molar-refractivity contribution in [1.82, 2.24) is 4.90 Å². The molecule has 5 nitrogen and oxygen atoms in total. The zero-order valence-electron chi connectivity index (χ0n) is 17.2. The van der Waals surface area contributed by atoms with Crippen LogP contribution in [-0.2, 0) is 14.3 Å². The lowest BCUT2D eigenvalue weighted by molar-refractivity contribution is -0.185. The summed E-state index contributed by atoms with van der Waals surface area (Å²) in [6, 6.07) is 6.34. The van der Waals surface area contributed by atoms with Gasteiger partial charge in [0.25, 0.3) is 0 Å². The number of ether oxygens (including phenoxy) is 2. The van der Waals surface area contributed by atoms with Crippen molar-refractivity contribution < 1.29 is 14.3 Å². The number of anilines is 1. The highest BCUT2D eigenvalue weighted by molar-refractivity contribution is 5.92. The van der Waals surface area contributed by atoms with Crippen LogP contribution in [0.15, 0.2) is 18.2 Å². The molecule has 1 spiro atoms. The van der Waals surface area contributed by atoms with Gasteiger partial charge in [-0.25, -0.2) is 0 Å². The van der Waals surface area contributed by atoms with Gasteiger partial charge in [0, 0.05) is 44.6 Å². The average Bonchev–Trinajstić information content (AvgIpc) is 3.09. The molecule has 0 bridgehead atoms. The molecule has 27 heavy (non-hydrogen) atoms. The smallest absolute Gasteiger partial charge is 0.225 e. The lowest BCUT2D eigenvalue weighted by Crippen LogP contribution is -2.45. The average molecular weight is 375 g/mol. The molecule has 2 saturated heterocycles. The molecule has 2 heterocycles. The van der Waals surface area contributed by atoms with Crippen molar-refractivity contribution in [2.75, 3.05) is 38.2 Å². The van der Waals surface area contributed by atoms with Gasteiger partial charge in [-0.15, -0.1) is 0 Å². The molecule has 1 aromatic rings. The molecule has 2 fully saturated rings. The van der Waals surface area contributed by atoms with Crippen LogP contribution in [0.5, 0.6) is 0 Å². The molecule has 0 aliphatic carbocycles. The Bertz CT molecular complexity index is 615. The lowest BCUT2D eigenvalue weighted by atomic mass is 9.92. The molecule has 5 heteroatoms. The Labute approximate surface area is 163 Å². The highest BCUT2D eigenvalue weighted by Crippen LogP contribution is 2.33. The molecule has 0 unspecified atom stereocenters. The predicted octanol–water partition coefficient (Wildman–Crippen LogP) is 4.10. The number of nitrogens with one attached hydrogen (secondary N) is 1. The van der Waals surface area contributed by atoms with E-state index in [9.17, 15) is 4.79 Å². The van der Waals surface area contributed by atoms with Crippen molar-refractivity contribution in [2.24, 2.45) is 0 Å². The third-order valence-electron chi connectivity index (χ3n) is 5.72. The molecule has 0 aromatic heterocycles. The molecule has 1 aromatic carbocycles. The second kappa shape index (κ2) is 8.72. The molecule has 0 saturated carbocycles. The van der Waals surface area contributed by atoms with Crippen LogP contribution < -0.4 is 5.32 Å². The first kappa shape index (κ1) is 20.3. The second-order valence-electron chi connectivity index (χ2n) is 8.37. The number of hydrogen-bond donors (Lipinski definition) is 1. The number of para-hydroxylation sites is 1. The zero-order chi connectivity index (χ0) is 19.4. The van der Waals surface area contributed by atoms with Gasteiger partial charge in [-0.05, 0) is 23.0 Å². The predicted molar refractivity (Wildman–Crippen MR) is 108 cm³/mol. The van der Waals surface area contributed by atoms with Gasteiger partial charge < -0.3 is 19.7 Å². The van der Waals surface area contributed by atoms with Crippen LogP contribution in [-0.4, -0.2) is 49.4 Å². The minimum atomic E-state index is -0.346. The van der Waals surface area contributed by atoms with Gasteiger partial charge in [-0.1, -0.05) is 45.9 Å². The zero-order valence-corrected chi connectivity index (χ0v) is 17.2. The highest BCUT2D eigenvalue weighted by atomic mass is 16.7. The molecule has 1 amide bonds.